The fraction of sp³-hybridized carbons (Fsp3) is 0.765. The Morgan fingerprint density at radius 3 is 2.59 bits per heavy atom. The van der Waals surface area contributed by atoms with Crippen LogP contribution in [0.5, 0.6) is 0 Å². The van der Waals surface area contributed by atoms with Crippen molar-refractivity contribution in [3.05, 3.63) is 23.3 Å². The summed E-state index contributed by atoms with van der Waals surface area (Å²) in [7, 11) is 0. The first-order chi connectivity index (χ1) is 8.11. The highest BCUT2D eigenvalue weighted by molar-refractivity contribution is 5.26. The third-order valence-corrected chi connectivity index (χ3v) is 5.08. The lowest BCUT2D eigenvalue weighted by atomic mass is 9.69. The third-order valence-electron chi connectivity index (χ3n) is 5.08. The van der Waals surface area contributed by atoms with Crippen LogP contribution in [0.2, 0.25) is 0 Å². The first-order valence-electron chi connectivity index (χ1n) is 7.47. The van der Waals surface area contributed by atoms with Crippen molar-refractivity contribution in [2.24, 2.45) is 11.3 Å². The van der Waals surface area contributed by atoms with Gasteiger partial charge in [0.05, 0.1) is 0 Å². The lowest BCUT2D eigenvalue weighted by Gasteiger charge is -2.37. The van der Waals surface area contributed by atoms with Gasteiger partial charge >= 0.3 is 0 Å². The molecule has 0 radical (unpaired) electrons. The molecule has 0 aromatic carbocycles. The molecule has 0 heterocycles. The maximum Gasteiger partial charge on any atom is -0.0282 e. The van der Waals surface area contributed by atoms with Crippen molar-refractivity contribution in [1.82, 2.24) is 0 Å². The summed E-state index contributed by atoms with van der Waals surface area (Å²) in [6.45, 7) is 7.09. The first-order valence-corrected chi connectivity index (χ1v) is 7.47. The van der Waals surface area contributed by atoms with E-state index in [9.17, 15) is 0 Å². The summed E-state index contributed by atoms with van der Waals surface area (Å²) in [6, 6.07) is 0. The summed E-state index contributed by atoms with van der Waals surface area (Å²) in [5.41, 5.74) is 3.86. The predicted octanol–water partition coefficient (Wildman–Crippen LogP) is 5.65. The summed E-state index contributed by atoms with van der Waals surface area (Å²) < 4.78 is 0. The van der Waals surface area contributed by atoms with E-state index in [0.29, 0.717) is 5.41 Å². The van der Waals surface area contributed by atoms with Crippen molar-refractivity contribution in [3.8, 4) is 0 Å². The van der Waals surface area contributed by atoms with Crippen LogP contribution in [0.15, 0.2) is 23.3 Å². The van der Waals surface area contributed by atoms with Crippen LogP contribution in [0.25, 0.3) is 0 Å². The summed E-state index contributed by atoms with van der Waals surface area (Å²) in [6.07, 6.45) is 16.0. The smallest absolute Gasteiger partial charge is 0.0282 e. The summed E-state index contributed by atoms with van der Waals surface area (Å²) in [4.78, 5) is 0. The van der Waals surface area contributed by atoms with E-state index in [0.717, 1.165) is 5.92 Å². The van der Waals surface area contributed by atoms with Crippen molar-refractivity contribution >= 4 is 0 Å². The molecule has 1 fully saturated rings. The van der Waals surface area contributed by atoms with Gasteiger partial charge in [-0.3, -0.25) is 0 Å². The van der Waals surface area contributed by atoms with Gasteiger partial charge in [0.1, 0.15) is 0 Å². The lowest BCUT2D eigenvalue weighted by Crippen LogP contribution is -2.24. The van der Waals surface area contributed by atoms with E-state index in [1.54, 1.807) is 5.57 Å². The van der Waals surface area contributed by atoms with Crippen LogP contribution in [-0.2, 0) is 0 Å². The standard InChI is InChI=1S/C17H28/c1-4-17(3)10-8-15(9-11-17)13-16-7-5-6-14(2)12-16/h6,12,15H,4-5,7-11,13H2,1-3H3. The van der Waals surface area contributed by atoms with E-state index in [4.69, 9.17) is 0 Å². The SMILES string of the molecule is CCC1(C)CCC(CC2=CC(C)=CCC2)CC1. The Labute approximate surface area is 107 Å². The molecule has 1 saturated carbocycles. The molecule has 0 bridgehead atoms. The Morgan fingerprint density at radius 2 is 2.00 bits per heavy atom. The first kappa shape index (κ1) is 12.9. The van der Waals surface area contributed by atoms with Gasteiger partial charge in [-0.05, 0) is 63.2 Å². The Hall–Kier alpha value is -0.520. The van der Waals surface area contributed by atoms with Gasteiger partial charge < -0.3 is 0 Å². The van der Waals surface area contributed by atoms with Gasteiger partial charge in [-0.2, -0.15) is 0 Å². The van der Waals surface area contributed by atoms with Crippen molar-refractivity contribution < 1.29 is 0 Å². The maximum absolute atomic E-state index is 2.48. The van der Waals surface area contributed by atoms with Crippen LogP contribution in [0.1, 0.15) is 72.1 Å². The van der Waals surface area contributed by atoms with Crippen molar-refractivity contribution in [3.63, 3.8) is 0 Å². The van der Waals surface area contributed by atoms with Crippen LogP contribution < -0.4 is 0 Å². The maximum atomic E-state index is 2.48. The zero-order valence-corrected chi connectivity index (χ0v) is 11.9. The van der Waals surface area contributed by atoms with Gasteiger partial charge in [0.25, 0.3) is 0 Å². The van der Waals surface area contributed by atoms with Gasteiger partial charge in [-0.15, -0.1) is 0 Å². The van der Waals surface area contributed by atoms with E-state index in [1.807, 2.05) is 0 Å². The van der Waals surface area contributed by atoms with Crippen molar-refractivity contribution in [1.29, 1.82) is 0 Å². The second-order valence-electron chi connectivity index (χ2n) is 6.60. The minimum absolute atomic E-state index is 0.660. The van der Waals surface area contributed by atoms with Crippen LogP contribution in [0.3, 0.4) is 0 Å². The molecule has 0 atom stereocenters. The van der Waals surface area contributed by atoms with Gasteiger partial charge in [-0.1, -0.05) is 43.6 Å². The predicted molar refractivity (Wildman–Crippen MR) is 76.0 cm³/mol. The van der Waals surface area contributed by atoms with E-state index in [2.05, 4.69) is 32.9 Å². The highest BCUT2D eigenvalue weighted by Crippen LogP contribution is 2.43. The highest BCUT2D eigenvalue weighted by Gasteiger charge is 2.29. The molecule has 0 aromatic heterocycles. The van der Waals surface area contributed by atoms with Gasteiger partial charge in [0.2, 0.25) is 0 Å². The summed E-state index contributed by atoms with van der Waals surface area (Å²) in [5, 5.41) is 0. The molecule has 0 nitrogen and oxygen atoms in total. The van der Waals surface area contributed by atoms with Crippen LogP contribution in [-0.4, -0.2) is 0 Å². The second kappa shape index (κ2) is 5.42. The Balaban J connectivity index is 1.84. The molecule has 0 unspecified atom stereocenters. The van der Waals surface area contributed by atoms with E-state index >= 15 is 0 Å². The quantitative estimate of drug-likeness (QED) is 0.590. The molecule has 0 saturated heterocycles. The highest BCUT2D eigenvalue weighted by atomic mass is 14.3. The topological polar surface area (TPSA) is 0 Å². The number of hydrogen-bond acceptors (Lipinski definition) is 0. The fourth-order valence-electron chi connectivity index (χ4n) is 3.40. The number of hydrogen-bond donors (Lipinski definition) is 0. The molecule has 0 spiro atoms. The average molecular weight is 232 g/mol. The van der Waals surface area contributed by atoms with Crippen molar-refractivity contribution in [2.45, 2.75) is 72.1 Å². The second-order valence-corrected chi connectivity index (χ2v) is 6.60. The van der Waals surface area contributed by atoms with Gasteiger partial charge in [0, 0.05) is 0 Å². The van der Waals surface area contributed by atoms with Crippen LogP contribution in [0, 0.1) is 11.3 Å². The zero-order valence-electron chi connectivity index (χ0n) is 11.9. The fourth-order valence-corrected chi connectivity index (χ4v) is 3.40. The molecule has 0 N–H and O–H groups in total. The summed E-state index contributed by atoms with van der Waals surface area (Å²) in [5.74, 6) is 0.978. The van der Waals surface area contributed by atoms with E-state index in [-0.39, 0.29) is 0 Å². The van der Waals surface area contributed by atoms with Crippen LogP contribution in [0.4, 0.5) is 0 Å². The minimum Gasteiger partial charge on any atom is -0.0813 e. The number of rotatable bonds is 3. The normalized spacial score (nSPS) is 34.2. The molecule has 96 valence electrons. The molecule has 0 amide bonds. The molecule has 2 aliphatic rings. The minimum atomic E-state index is 0.660. The van der Waals surface area contributed by atoms with Crippen molar-refractivity contribution in [2.75, 3.05) is 0 Å². The Kier molecular flexibility index (Phi) is 4.12. The largest absolute Gasteiger partial charge is 0.0813 e. The Morgan fingerprint density at radius 1 is 1.29 bits per heavy atom. The van der Waals surface area contributed by atoms with E-state index < -0.39 is 0 Å². The van der Waals surface area contributed by atoms with Gasteiger partial charge in [0.15, 0.2) is 0 Å². The number of allylic oxidation sites excluding steroid dienone is 4. The monoisotopic (exact) mass is 232 g/mol. The molecule has 2 aliphatic carbocycles. The van der Waals surface area contributed by atoms with Crippen LogP contribution >= 0.6 is 0 Å². The van der Waals surface area contributed by atoms with E-state index in [1.165, 1.54) is 56.9 Å². The summed E-state index contributed by atoms with van der Waals surface area (Å²) >= 11 is 0. The lowest BCUT2D eigenvalue weighted by molar-refractivity contribution is 0.163. The molecule has 2 rings (SSSR count). The average Bonchev–Trinajstić information content (AvgIpc) is 2.33. The third kappa shape index (κ3) is 3.47. The molecular formula is C17H28. The molecular weight excluding hydrogens is 204 g/mol. The molecule has 0 heteroatoms. The molecule has 0 aromatic rings. The Bertz CT molecular complexity index is 311. The molecule has 17 heavy (non-hydrogen) atoms. The molecule has 0 aliphatic heterocycles. The van der Waals surface area contributed by atoms with Gasteiger partial charge in [-0.25, -0.2) is 0 Å². The zero-order chi connectivity index (χ0) is 12.3.